The molecule has 4 aromatic rings. The van der Waals surface area contributed by atoms with E-state index in [9.17, 15) is 0 Å². The molecular formula is C24H27N7S. The zero-order valence-electron chi connectivity index (χ0n) is 18.2. The van der Waals surface area contributed by atoms with Crippen molar-refractivity contribution < 1.29 is 0 Å². The molecule has 0 amide bonds. The SMILES string of the molecule is CCCCCC(CC=S)c1n[nH]c(Cc2ccc(-c3ccccc3-c3nn[nH]n3)cc2)n1. The normalized spacial score (nSPS) is 12.0. The summed E-state index contributed by atoms with van der Waals surface area (Å²) in [6.45, 7) is 2.22. The Bertz CT molecular complexity index is 1120. The second kappa shape index (κ2) is 10.9. The molecule has 2 aromatic carbocycles. The van der Waals surface area contributed by atoms with Crippen molar-refractivity contribution in [3.63, 3.8) is 0 Å². The number of thiocarbonyl (C=S) groups is 1. The van der Waals surface area contributed by atoms with Crippen molar-refractivity contribution >= 4 is 17.6 Å². The number of H-pyrrole nitrogens is 2. The molecule has 0 spiro atoms. The molecule has 0 bridgehead atoms. The maximum atomic E-state index is 5.10. The monoisotopic (exact) mass is 445 g/mol. The molecule has 4 rings (SSSR count). The summed E-state index contributed by atoms with van der Waals surface area (Å²) in [4.78, 5) is 4.77. The number of hydrogen-bond donors (Lipinski definition) is 2. The molecule has 2 heterocycles. The Morgan fingerprint density at radius 1 is 1.00 bits per heavy atom. The Morgan fingerprint density at radius 3 is 2.53 bits per heavy atom. The second-order valence-electron chi connectivity index (χ2n) is 7.89. The molecule has 0 saturated heterocycles. The van der Waals surface area contributed by atoms with Crippen LogP contribution in [0.3, 0.4) is 0 Å². The van der Waals surface area contributed by atoms with Gasteiger partial charge in [-0.3, -0.25) is 5.10 Å². The van der Waals surface area contributed by atoms with Crippen molar-refractivity contribution in [1.82, 2.24) is 35.8 Å². The van der Waals surface area contributed by atoms with Gasteiger partial charge in [0.05, 0.1) is 0 Å². The topological polar surface area (TPSA) is 96.0 Å². The van der Waals surface area contributed by atoms with E-state index in [-0.39, 0.29) is 0 Å². The van der Waals surface area contributed by atoms with Gasteiger partial charge >= 0.3 is 0 Å². The summed E-state index contributed by atoms with van der Waals surface area (Å²) in [5.41, 5.74) is 4.29. The highest BCUT2D eigenvalue weighted by molar-refractivity contribution is 7.78. The van der Waals surface area contributed by atoms with Gasteiger partial charge < -0.3 is 0 Å². The molecule has 8 heteroatoms. The quantitative estimate of drug-likeness (QED) is 0.240. The summed E-state index contributed by atoms with van der Waals surface area (Å²) in [6, 6.07) is 16.5. The Labute approximate surface area is 193 Å². The smallest absolute Gasteiger partial charge is 0.205 e. The number of nitrogens with one attached hydrogen (secondary N) is 2. The van der Waals surface area contributed by atoms with Crippen molar-refractivity contribution in [2.75, 3.05) is 0 Å². The lowest BCUT2D eigenvalue weighted by Crippen LogP contribution is -2.02. The van der Waals surface area contributed by atoms with Crippen LogP contribution in [0.15, 0.2) is 48.5 Å². The lowest BCUT2D eigenvalue weighted by atomic mass is 9.97. The first-order chi connectivity index (χ1) is 15.8. The minimum atomic E-state index is 0.299. The lowest BCUT2D eigenvalue weighted by molar-refractivity contribution is 0.560. The van der Waals surface area contributed by atoms with E-state index < -0.39 is 0 Å². The Kier molecular flexibility index (Phi) is 7.45. The Balaban J connectivity index is 1.47. The van der Waals surface area contributed by atoms with Gasteiger partial charge in [0.15, 0.2) is 5.82 Å². The van der Waals surface area contributed by atoms with E-state index in [2.05, 4.69) is 68.1 Å². The first kappa shape index (κ1) is 22.0. The third-order valence-corrected chi connectivity index (χ3v) is 5.79. The van der Waals surface area contributed by atoms with E-state index >= 15 is 0 Å². The van der Waals surface area contributed by atoms with Crippen molar-refractivity contribution in [2.45, 2.75) is 51.4 Å². The predicted octanol–water partition coefficient (Wildman–Crippen LogP) is 5.30. The number of rotatable bonds is 11. The number of unbranched alkanes of at least 4 members (excludes halogenated alkanes) is 2. The molecule has 0 aliphatic heterocycles. The summed E-state index contributed by atoms with van der Waals surface area (Å²) < 4.78 is 0. The summed E-state index contributed by atoms with van der Waals surface area (Å²) in [7, 11) is 0. The van der Waals surface area contributed by atoms with Crippen molar-refractivity contribution in [3.8, 4) is 22.5 Å². The molecule has 0 aliphatic rings. The zero-order chi connectivity index (χ0) is 22.2. The van der Waals surface area contributed by atoms with Gasteiger partial charge in [0.2, 0.25) is 5.82 Å². The van der Waals surface area contributed by atoms with Crippen molar-refractivity contribution in [3.05, 3.63) is 65.7 Å². The fourth-order valence-corrected chi connectivity index (χ4v) is 4.11. The number of benzene rings is 2. The summed E-state index contributed by atoms with van der Waals surface area (Å²) in [5.74, 6) is 2.64. The van der Waals surface area contributed by atoms with Gasteiger partial charge in [-0.1, -0.05) is 86.9 Å². The number of hydrogen-bond acceptors (Lipinski definition) is 6. The molecule has 2 N–H and O–H groups in total. The molecule has 32 heavy (non-hydrogen) atoms. The average molecular weight is 446 g/mol. The summed E-state index contributed by atoms with van der Waals surface area (Å²) >= 11 is 5.10. The molecule has 0 aliphatic carbocycles. The van der Waals surface area contributed by atoms with E-state index in [1.807, 2.05) is 18.2 Å². The van der Waals surface area contributed by atoms with Gasteiger partial charge in [-0.25, -0.2) is 4.98 Å². The van der Waals surface area contributed by atoms with E-state index in [0.717, 1.165) is 41.2 Å². The van der Waals surface area contributed by atoms with Gasteiger partial charge in [-0.2, -0.15) is 10.3 Å². The molecule has 0 saturated carbocycles. The van der Waals surface area contributed by atoms with Gasteiger partial charge in [-0.05, 0) is 40.1 Å². The molecule has 1 unspecified atom stereocenters. The standard InChI is InChI=1S/C24H27N7S/c1-2-3-4-7-19(14-15-32)23-25-22(26-27-23)16-17-10-12-18(13-11-17)20-8-5-6-9-21(20)24-28-30-31-29-24/h5-6,8-13,15,19H,2-4,7,14,16H2,1H3,(H,25,26,27)(H,28,29,30,31). The fourth-order valence-electron chi connectivity index (χ4n) is 3.88. The van der Waals surface area contributed by atoms with Gasteiger partial charge in [-0.15, -0.1) is 10.2 Å². The van der Waals surface area contributed by atoms with E-state index in [4.69, 9.17) is 17.2 Å². The zero-order valence-corrected chi connectivity index (χ0v) is 19.0. The molecule has 7 nitrogen and oxygen atoms in total. The molecule has 0 radical (unpaired) electrons. The van der Waals surface area contributed by atoms with E-state index in [1.54, 1.807) is 5.37 Å². The van der Waals surface area contributed by atoms with Crippen LogP contribution in [0.4, 0.5) is 0 Å². The highest BCUT2D eigenvalue weighted by Crippen LogP contribution is 2.30. The van der Waals surface area contributed by atoms with Crippen LogP contribution >= 0.6 is 12.2 Å². The van der Waals surface area contributed by atoms with Crippen LogP contribution < -0.4 is 0 Å². The molecule has 2 aromatic heterocycles. The molecule has 1 atom stereocenters. The van der Waals surface area contributed by atoms with Crippen LogP contribution in [0.1, 0.15) is 62.2 Å². The maximum Gasteiger partial charge on any atom is 0.205 e. The second-order valence-corrected chi connectivity index (χ2v) is 8.22. The Morgan fingerprint density at radius 2 is 1.81 bits per heavy atom. The highest BCUT2D eigenvalue weighted by atomic mass is 32.1. The van der Waals surface area contributed by atoms with Crippen LogP contribution in [0.5, 0.6) is 0 Å². The fraction of sp³-hybridized carbons (Fsp3) is 0.333. The number of aromatic amines is 2. The number of nitrogens with zero attached hydrogens (tertiary/aromatic N) is 5. The predicted molar refractivity (Wildman–Crippen MR) is 129 cm³/mol. The lowest BCUT2D eigenvalue weighted by Gasteiger charge is -2.10. The first-order valence-corrected chi connectivity index (χ1v) is 11.5. The minimum absolute atomic E-state index is 0.299. The first-order valence-electron chi connectivity index (χ1n) is 11.1. The summed E-state index contributed by atoms with van der Waals surface area (Å²) in [5, 5.41) is 23.9. The summed E-state index contributed by atoms with van der Waals surface area (Å²) in [6.07, 6.45) is 6.24. The molecule has 0 fully saturated rings. The third-order valence-electron chi connectivity index (χ3n) is 5.60. The van der Waals surface area contributed by atoms with Gasteiger partial charge in [0, 0.05) is 17.9 Å². The maximum absolute atomic E-state index is 5.10. The molecule has 164 valence electrons. The number of aromatic nitrogens is 7. The number of tetrazole rings is 1. The van der Waals surface area contributed by atoms with Crippen molar-refractivity contribution in [1.29, 1.82) is 0 Å². The van der Waals surface area contributed by atoms with Crippen LogP contribution in [-0.4, -0.2) is 41.2 Å². The highest BCUT2D eigenvalue weighted by Gasteiger charge is 2.16. The van der Waals surface area contributed by atoms with E-state index in [1.165, 1.54) is 24.8 Å². The van der Waals surface area contributed by atoms with E-state index in [0.29, 0.717) is 18.2 Å². The largest absolute Gasteiger partial charge is 0.263 e. The van der Waals surface area contributed by atoms with Crippen LogP contribution in [-0.2, 0) is 6.42 Å². The average Bonchev–Trinajstić information content (AvgIpc) is 3.52. The van der Waals surface area contributed by atoms with Crippen LogP contribution in [0.25, 0.3) is 22.5 Å². The van der Waals surface area contributed by atoms with Crippen molar-refractivity contribution in [2.24, 2.45) is 0 Å². The Hall–Kier alpha value is -3.26. The third kappa shape index (κ3) is 5.31. The van der Waals surface area contributed by atoms with Gasteiger partial charge in [0.25, 0.3) is 0 Å². The molecular weight excluding hydrogens is 418 g/mol. The van der Waals surface area contributed by atoms with Gasteiger partial charge in [0.1, 0.15) is 5.82 Å². The minimum Gasteiger partial charge on any atom is -0.263 e. The van der Waals surface area contributed by atoms with Crippen LogP contribution in [0.2, 0.25) is 0 Å². The van der Waals surface area contributed by atoms with Crippen LogP contribution in [0, 0.1) is 0 Å².